The summed E-state index contributed by atoms with van der Waals surface area (Å²) in [6.45, 7) is 3.30. The molecule has 1 saturated heterocycles. The van der Waals surface area contributed by atoms with Crippen LogP contribution >= 0.6 is 11.8 Å². The van der Waals surface area contributed by atoms with Crippen LogP contribution in [0.2, 0.25) is 0 Å². The Bertz CT molecular complexity index is 1380. The third-order valence-electron chi connectivity index (χ3n) is 7.51. The molecular formula is C26H28N2O6S. The molecule has 1 aromatic carbocycles. The minimum Gasteiger partial charge on any atom is -0.454 e. The highest BCUT2D eigenvalue weighted by Gasteiger charge is 2.40. The van der Waals surface area contributed by atoms with Gasteiger partial charge in [0, 0.05) is 55.2 Å². The van der Waals surface area contributed by atoms with Crippen molar-refractivity contribution in [2.45, 2.75) is 24.5 Å². The Balaban J connectivity index is 1.41. The van der Waals surface area contributed by atoms with Crippen LogP contribution in [0.4, 0.5) is 0 Å². The lowest BCUT2D eigenvalue weighted by Crippen LogP contribution is -2.55. The first-order valence-electron chi connectivity index (χ1n) is 11.9. The Morgan fingerprint density at radius 1 is 1.11 bits per heavy atom. The molecule has 8 nitrogen and oxygen atoms in total. The Hall–Kier alpha value is -2.59. The molecule has 2 atom stereocenters. The Labute approximate surface area is 206 Å². The molecule has 1 fully saturated rings. The standard InChI is InChI=1S/C26H28N2O6S/c1-31-21-12-15-18(13-26(21,32-2)4-3-5-28-6-8-35-9-7-28)25(30)27-23-16-10-19-20(34-14-33-19)11-17(16)24(29)22(15)23/h10-13,21H,3-9,14H2,1-2H3,(H,27,30). The molecule has 9 heteroatoms. The fourth-order valence-electron chi connectivity index (χ4n) is 5.64. The molecular weight excluding hydrogens is 468 g/mol. The highest BCUT2D eigenvalue weighted by molar-refractivity contribution is 7.99. The summed E-state index contributed by atoms with van der Waals surface area (Å²) in [5.74, 6) is 3.30. The third-order valence-corrected chi connectivity index (χ3v) is 8.46. The van der Waals surface area contributed by atoms with E-state index in [0.29, 0.717) is 50.7 Å². The number of ether oxygens (including phenoxy) is 4. The molecule has 2 aliphatic heterocycles. The molecule has 6 rings (SSSR count). The lowest BCUT2D eigenvalue weighted by Gasteiger charge is -2.37. The molecule has 184 valence electrons. The van der Waals surface area contributed by atoms with Gasteiger partial charge < -0.3 is 28.8 Å². The van der Waals surface area contributed by atoms with Gasteiger partial charge in [-0.1, -0.05) is 0 Å². The normalized spacial score (nSPS) is 24.4. The number of methoxy groups -OCH3 is 2. The van der Waals surface area contributed by atoms with Gasteiger partial charge >= 0.3 is 0 Å². The van der Waals surface area contributed by atoms with Gasteiger partial charge in [0.2, 0.25) is 6.79 Å². The molecule has 2 aliphatic carbocycles. The summed E-state index contributed by atoms with van der Waals surface area (Å²) >= 11 is 2.00. The predicted octanol–water partition coefficient (Wildman–Crippen LogP) is 1.12. The van der Waals surface area contributed by atoms with E-state index in [1.165, 1.54) is 11.5 Å². The first kappa shape index (κ1) is 22.8. The molecule has 3 heterocycles. The molecule has 35 heavy (non-hydrogen) atoms. The number of H-pyrrole nitrogens is 1. The second-order valence-electron chi connectivity index (χ2n) is 9.30. The monoisotopic (exact) mass is 496 g/mol. The average molecular weight is 497 g/mol. The number of carbonyl (C=O) groups excluding carboxylic acids is 1. The summed E-state index contributed by atoms with van der Waals surface area (Å²) in [6.07, 6.45) is 4.93. The smallest absolute Gasteiger partial charge is 0.256 e. The number of ketones is 1. The molecule has 0 saturated carbocycles. The van der Waals surface area contributed by atoms with Crippen molar-refractivity contribution >= 4 is 29.7 Å². The summed E-state index contributed by atoms with van der Waals surface area (Å²) in [5, 5.41) is 1.05. The maximum absolute atomic E-state index is 13.5. The molecule has 4 aliphatic rings. The number of aromatic amines is 1. The van der Waals surface area contributed by atoms with Crippen molar-refractivity contribution in [3.8, 4) is 22.8 Å². The Kier molecular flexibility index (Phi) is 5.75. The Morgan fingerprint density at radius 2 is 1.86 bits per heavy atom. The molecule has 1 aromatic heterocycles. The molecule has 0 radical (unpaired) electrons. The number of rotatable bonds is 6. The maximum Gasteiger partial charge on any atom is 0.256 e. The minimum atomic E-state index is -0.787. The molecule has 0 amide bonds. The van der Waals surface area contributed by atoms with Crippen LogP contribution < -0.4 is 25.5 Å². The lowest BCUT2D eigenvalue weighted by atomic mass is 9.84. The number of hydrogen-bond acceptors (Lipinski definition) is 8. The number of hydrogen-bond donors (Lipinski definition) is 1. The van der Waals surface area contributed by atoms with Crippen molar-refractivity contribution in [2.75, 3.05) is 52.2 Å². The number of aromatic nitrogens is 1. The van der Waals surface area contributed by atoms with Gasteiger partial charge in [0.15, 0.2) is 17.3 Å². The van der Waals surface area contributed by atoms with E-state index >= 15 is 0 Å². The van der Waals surface area contributed by atoms with Gasteiger partial charge in [0.25, 0.3) is 5.56 Å². The van der Waals surface area contributed by atoms with E-state index in [4.69, 9.17) is 18.9 Å². The van der Waals surface area contributed by atoms with Crippen LogP contribution in [0.1, 0.15) is 28.8 Å². The number of nitrogens with one attached hydrogen (secondary N) is 1. The van der Waals surface area contributed by atoms with Crippen LogP contribution in [0, 0.1) is 0 Å². The average Bonchev–Trinajstić information content (AvgIpc) is 3.45. The van der Waals surface area contributed by atoms with Crippen LogP contribution in [0.5, 0.6) is 11.5 Å². The van der Waals surface area contributed by atoms with Crippen molar-refractivity contribution in [1.29, 1.82) is 0 Å². The third kappa shape index (κ3) is 3.64. The first-order chi connectivity index (χ1) is 17.0. The Morgan fingerprint density at radius 3 is 2.57 bits per heavy atom. The van der Waals surface area contributed by atoms with Gasteiger partial charge in [-0.25, -0.2) is 0 Å². The van der Waals surface area contributed by atoms with Crippen LogP contribution in [-0.4, -0.2) is 79.5 Å². The number of benzene rings is 1. The number of thioether (sulfide) groups is 1. The number of fused-ring (bicyclic) bond motifs is 6. The van der Waals surface area contributed by atoms with Gasteiger partial charge in [0.1, 0.15) is 11.7 Å². The topological polar surface area (TPSA) is 90.1 Å². The van der Waals surface area contributed by atoms with Gasteiger partial charge in [0.05, 0.1) is 11.3 Å². The zero-order valence-corrected chi connectivity index (χ0v) is 20.7. The SMILES string of the molecule is COC1C=c2c3c([nH]c(=O)c2=CC1(CCCN1CCSCC1)OC)-c1cc2c(cc1C3=O)OCO2. The minimum absolute atomic E-state index is 0.119. The van der Waals surface area contributed by atoms with Gasteiger partial charge in [-0.2, -0.15) is 11.8 Å². The summed E-state index contributed by atoms with van der Waals surface area (Å²) in [6, 6.07) is 3.46. The summed E-state index contributed by atoms with van der Waals surface area (Å²) in [7, 11) is 3.29. The fraction of sp³-hybridized carbons (Fsp3) is 0.462. The van der Waals surface area contributed by atoms with Gasteiger partial charge in [-0.3, -0.25) is 9.59 Å². The van der Waals surface area contributed by atoms with Gasteiger partial charge in [-0.15, -0.1) is 0 Å². The second-order valence-corrected chi connectivity index (χ2v) is 10.5. The van der Waals surface area contributed by atoms with E-state index < -0.39 is 11.7 Å². The highest BCUT2D eigenvalue weighted by atomic mass is 32.2. The van der Waals surface area contributed by atoms with Gasteiger partial charge in [-0.05, 0) is 48.9 Å². The molecule has 1 N–H and O–H groups in total. The van der Waals surface area contributed by atoms with Crippen molar-refractivity contribution in [3.63, 3.8) is 0 Å². The molecule has 2 unspecified atom stereocenters. The van der Waals surface area contributed by atoms with Crippen LogP contribution in [0.3, 0.4) is 0 Å². The second kappa shape index (κ2) is 8.81. The molecule has 0 spiro atoms. The van der Waals surface area contributed by atoms with Crippen LogP contribution in [0.15, 0.2) is 16.9 Å². The predicted molar refractivity (Wildman–Crippen MR) is 134 cm³/mol. The number of carbonyl (C=O) groups is 1. The zero-order chi connectivity index (χ0) is 24.2. The number of nitrogens with zero attached hydrogens (tertiary/aromatic N) is 1. The molecule has 2 aromatic rings. The van der Waals surface area contributed by atoms with Crippen LogP contribution in [0.25, 0.3) is 23.4 Å². The van der Waals surface area contributed by atoms with Crippen molar-refractivity contribution in [3.05, 3.63) is 44.1 Å². The summed E-state index contributed by atoms with van der Waals surface area (Å²) in [5.41, 5.74) is 1.10. The summed E-state index contributed by atoms with van der Waals surface area (Å²) in [4.78, 5) is 32.3. The van der Waals surface area contributed by atoms with Crippen LogP contribution in [-0.2, 0) is 9.47 Å². The number of pyridine rings is 1. The summed E-state index contributed by atoms with van der Waals surface area (Å²) < 4.78 is 22.9. The van der Waals surface area contributed by atoms with E-state index in [-0.39, 0.29) is 18.1 Å². The largest absolute Gasteiger partial charge is 0.454 e. The zero-order valence-electron chi connectivity index (χ0n) is 19.8. The lowest BCUT2D eigenvalue weighted by molar-refractivity contribution is -0.0551. The van der Waals surface area contributed by atoms with E-state index in [0.717, 1.165) is 26.1 Å². The van der Waals surface area contributed by atoms with Crippen molar-refractivity contribution in [1.82, 2.24) is 9.88 Å². The quantitative estimate of drug-likeness (QED) is 0.543. The van der Waals surface area contributed by atoms with Crippen molar-refractivity contribution in [2.24, 2.45) is 0 Å². The fourth-order valence-corrected chi connectivity index (χ4v) is 6.62. The molecule has 0 bridgehead atoms. The highest BCUT2D eigenvalue weighted by Crippen LogP contribution is 2.42. The van der Waals surface area contributed by atoms with E-state index in [1.807, 2.05) is 23.9 Å². The van der Waals surface area contributed by atoms with E-state index in [9.17, 15) is 9.59 Å². The first-order valence-corrected chi connectivity index (χ1v) is 13.1. The van der Waals surface area contributed by atoms with Crippen molar-refractivity contribution < 1.29 is 23.7 Å². The maximum atomic E-state index is 13.5. The van der Waals surface area contributed by atoms with E-state index in [1.54, 1.807) is 26.4 Å². The van der Waals surface area contributed by atoms with E-state index in [2.05, 4.69) is 9.88 Å².